The number of hydrogen-bond donors (Lipinski definition) is 2. The van der Waals surface area contributed by atoms with E-state index >= 15 is 0 Å². The van der Waals surface area contributed by atoms with Crippen molar-refractivity contribution < 1.29 is 38.6 Å². The molecule has 2 unspecified atom stereocenters. The molecule has 1 aromatic rings. The van der Waals surface area contributed by atoms with Gasteiger partial charge in [0, 0.05) is 31.3 Å². The number of esters is 1. The molecule has 0 bridgehead atoms. The molecule has 0 aromatic heterocycles. The lowest BCUT2D eigenvalue weighted by molar-refractivity contribution is -0.181. The Hall–Kier alpha value is -3.44. The summed E-state index contributed by atoms with van der Waals surface area (Å²) < 4.78 is 4.84. The molecule has 192 valence electrons. The maximum Gasteiger partial charge on any atom is 0.338 e. The van der Waals surface area contributed by atoms with E-state index in [1.165, 1.54) is 18.1 Å². The number of nitrogens with zero attached hydrogens (tertiary/aromatic N) is 2. The largest absolute Gasteiger partial charge is 0.465 e. The van der Waals surface area contributed by atoms with Gasteiger partial charge in [0.25, 0.3) is 0 Å². The second-order valence-corrected chi connectivity index (χ2v) is 10.2. The van der Waals surface area contributed by atoms with Crippen LogP contribution in [-0.4, -0.2) is 92.0 Å². The van der Waals surface area contributed by atoms with E-state index in [1.54, 1.807) is 39.2 Å². The quantitative estimate of drug-likeness (QED) is 0.388. The van der Waals surface area contributed by atoms with Gasteiger partial charge in [0.2, 0.25) is 5.91 Å². The number of methoxy groups -OCH3 is 1. The Bertz CT molecular complexity index is 1220. The second kappa shape index (κ2) is 8.59. The molecule has 0 aliphatic heterocycles. The standard InChI is InChI=1S/C25H29N3O8/c1-27(2)14-7-6-11(24(34)36-5)16-12(14)8-10-9-13-18(28(3)4)20(30)17(23(26)33)22(32)25(13,35)21(31)15(10)19(16)29/h6-7,10,13,15,17-18,35H,8-9H2,1-5H3,(H2,26,33)/t10-,13-,15?,17?,18-,25-/m0/s1. The van der Waals surface area contributed by atoms with Crippen LogP contribution in [0.4, 0.5) is 5.69 Å². The van der Waals surface area contributed by atoms with Gasteiger partial charge in [-0.25, -0.2) is 4.79 Å². The zero-order valence-corrected chi connectivity index (χ0v) is 20.7. The molecule has 1 amide bonds. The lowest BCUT2D eigenvalue weighted by atomic mass is 9.52. The highest BCUT2D eigenvalue weighted by Gasteiger charge is 2.69. The predicted octanol–water partition coefficient (Wildman–Crippen LogP) is -0.986. The first-order valence-corrected chi connectivity index (χ1v) is 11.5. The number of nitrogens with two attached hydrogens (primary N) is 1. The number of Topliss-reactive ketones (excluding diaryl/α,β-unsaturated/α-hetero) is 4. The second-order valence-electron chi connectivity index (χ2n) is 10.2. The average Bonchev–Trinajstić information content (AvgIpc) is 2.79. The van der Waals surface area contributed by atoms with Crippen LogP contribution in [0.25, 0.3) is 0 Å². The van der Waals surface area contributed by atoms with Gasteiger partial charge in [0.15, 0.2) is 34.7 Å². The number of fused-ring (bicyclic) bond motifs is 3. The summed E-state index contributed by atoms with van der Waals surface area (Å²) in [6.45, 7) is 0. The Labute approximate surface area is 207 Å². The summed E-state index contributed by atoms with van der Waals surface area (Å²) in [7, 11) is 7.81. The number of anilines is 1. The third kappa shape index (κ3) is 3.33. The number of benzene rings is 1. The first-order chi connectivity index (χ1) is 16.8. The molecule has 3 N–H and O–H groups in total. The maximum atomic E-state index is 13.9. The van der Waals surface area contributed by atoms with Crippen molar-refractivity contribution in [3.63, 3.8) is 0 Å². The summed E-state index contributed by atoms with van der Waals surface area (Å²) in [5.74, 6) is -11.1. The van der Waals surface area contributed by atoms with Crippen LogP contribution in [0.1, 0.15) is 32.7 Å². The monoisotopic (exact) mass is 499 g/mol. The number of ketones is 4. The fraction of sp³-hybridized carbons (Fsp3) is 0.520. The van der Waals surface area contributed by atoms with Crippen molar-refractivity contribution in [3.8, 4) is 0 Å². The van der Waals surface area contributed by atoms with Crippen LogP contribution in [0.3, 0.4) is 0 Å². The molecule has 4 rings (SSSR count). The molecule has 2 fully saturated rings. The number of rotatable bonds is 4. The van der Waals surface area contributed by atoms with Crippen LogP contribution in [0.15, 0.2) is 12.1 Å². The summed E-state index contributed by atoms with van der Waals surface area (Å²) in [6, 6.07) is 1.99. The third-order valence-electron chi connectivity index (χ3n) is 7.83. The van der Waals surface area contributed by atoms with Crippen molar-refractivity contribution in [1.29, 1.82) is 0 Å². The minimum atomic E-state index is -2.75. The van der Waals surface area contributed by atoms with Gasteiger partial charge in [-0.3, -0.25) is 28.9 Å². The molecule has 3 aliphatic carbocycles. The Morgan fingerprint density at radius 2 is 1.72 bits per heavy atom. The molecule has 2 saturated carbocycles. The minimum Gasteiger partial charge on any atom is -0.465 e. The van der Waals surface area contributed by atoms with Gasteiger partial charge < -0.3 is 20.5 Å². The van der Waals surface area contributed by atoms with E-state index in [0.717, 1.165) is 0 Å². The van der Waals surface area contributed by atoms with Gasteiger partial charge in [-0.1, -0.05) is 0 Å². The van der Waals surface area contributed by atoms with Crippen molar-refractivity contribution in [2.45, 2.75) is 24.5 Å². The van der Waals surface area contributed by atoms with Gasteiger partial charge in [-0.15, -0.1) is 0 Å². The molecule has 36 heavy (non-hydrogen) atoms. The van der Waals surface area contributed by atoms with Crippen molar-refractivity contribution in [3.05, 3.63) is 28.8 Å². The highest BCUT2D eigenvalue weighted by Crippen LogP contribution is 2.51. The fourth-order valence-corrected chi connectivity index (χ4v) is 6.31. The SMILES string of the molecule is COC(=O)c1ccc(N(C)C)c2c1C(=O)C1C(=O)[C@]3(O)C(=O)C(C(N)=O)C(=O)[C@@H](N(C)C)[C@@H]3C[C@@H]1C2. The summed E-state index contributed by atoms with van der Waals surface area (Å²) in [6.07, 6.45) is 0.198. The van der Waals surface area contributed by atoms with E-state index in [1.807, 2.05) is 0 Å². The van der Waals surface area contributed by atoms with Crippen LogP contribution >= 0.6 is 0 Å². The summed E-state index contributed by atoms with van der Waals surface area (Å²) in [5.41, 5.74) is 3.80. The van der Waals surface area contributed by atoms with Crippen LogP contribution < -0.4 is 10.6 Å². The van der Waals surface area contributed by atoms with Crippen LogP contribution in [0, 0.1) is 23.7 Å². The van der Waals surface area contributed by atoms with Crippen LogP contribution in [0.2, 0.25) is 0 Å². The molecule has 0 heterocycles. The van der Waals surface area contributed by atoms with Crippen LogP contribution in [0.5, 0.6) is 0 Å². The number of carbonyl (C=O) groups excluding carboxylic acids is 6. The van der Waals surface area contributed by atoms with Crippen molar-refractivity contribution in [2.75, 3.05) is 40.2 Å². The predicted molar refractivity (Wildman–Crippen MR) is 125 cm³/mol. The third-order valence-corrected chi connectivity index (χ3v) is 7.83. The number of likely N-dealkylation sites (N-methyl/N-ethyl adjacent to an activating group) is 1. The topological polar surface area (TPSA) is 164 Å². The number of hydrogen-bond acceptors (Lipinski definition) is 10. The van der Waals surface area contributed by atoms with Crippen molar-refractivity contribution in [1.82, 2.24) is 4.90 Å². The molecule has 1 aromatic carbocycles. The lowest BCUT2D eigenvalue weighted by Gasteiger charge is -2.52. The zero-order valence-electron chi connectivity index (χ0n) is 20.7. The maximum absolute atomic E-state index is 13.9. The summed E-state index contributed by atoms with van der Waals surface area (Å²) >= 11 is 0. The number of amides is 1. The van der Waals surface area contributed by atoms with Crippen molar-refractivity contribution in [2.24, 2.45) is 29.4 Å². The summed E-state index contributed by atoms with van der Waals surface area (Å²) in [5, 5.41) is 11.6. The minimum absolute atomic E-state index is 0.000778. The van der Waals surface area contributed by atoms with Gasteiger partial charge >= 0.3 is 5.97 Å². The van der Waals surface area contributed by atoms with Crippen LogP contribution in [-0.2, 0) is 30.3 Å². The molecular formula is C25H29N3O8. The average molecular weight is 500 g/mol. The van der Waals surface area contributed by atoms with Crippen molar-refractivity contribution >= 4 is 40.7 Å². The van der Waals surface area contributed by atoms with E-state index in [2.05, 4.69) is 0 Å². The lowest BCUT2D eigenvalue weighted by Crippen LogP contribution is -2.74. The summed E-state index contributed by atoms with van der Waals surface area (Å²) in [4.78, 5) is 81.9. The number of ether oxygens (including phenoxy) is 1. The van der Waals surface area contributed by atoms with E-state index in [9.17, 15) is 33.9 Å². The zero-order chi connectivity index (χ0) is 26.9. The molecule has 11 nitrogen and oxygen atoms in total. The Kier molecular flexibility index (Phi) is 6.12. The number of aliphatic hydroxyl groups is 1. The first kappa shape index (κ1) is 25.6. The number of primary amides is 1. The fourth-order valence-electron chi connectivity index (χ4n) is 6.31. The highest BCUT2D eigenvalue weighted by atomic mass is 16.5. The Balaban J connectivity index is 1.92. The molecule has 0 saturated heterocycles. The van der Waals surface area contributed by atoms with Gasteiger partial charge in [0.1, 0.15) is 0 Å². The molecule has 3 aliphatic rings. The molecule has 6 atom stereocenters. The first-order valence-electron chi connectivity index (χ1n) is 11.5. The van der Waals surface area contributed by atoms with E-state index in [4.69, 9.17) is 10.5 Å². The van der Waals surface area contributed by atoms with E-state index < -0.39 is 70.3 Å². The molecular weight excluding hydrogens is 470 g/mol. The molecule has 0 radical (unpaired) electrons. The Morgan fingerprint density at radius 1 is 1.08 bits per heavy atom. The number of carbonyl (C=O) groups is 6. The van der Waals surface area contributed by atoms with E-state index in [0.29, 0.717) is 11.3 Å². The molecule has 11 heteroatoms. The smallest absolute Gasteiger partial charge is 0.338 e. The van der Waals surface area contributed by atoms with E-state index in [-0.39, 0.29) is 24.0 Å². The van der Waals surface area contributed by atoms with Gasteiger partial charge in [-0.05, 0) is 50.6 Å². The van der Waals surface area contributed by atoms with Gasteiger partial charge in [-0.2, -0.15) is 0 Å². The molecule has 0 spiro atoms. The van der Waals surface area contributed by atoms with Gasteiger partial charge in [0.05, 0.1) is 24.6 Å². The Morgan fingerprint density at radius 3 is 2.25 bits per heavy atom. The normalized spacial score (nSPS) is 31.5. The highest BCUT2D eigenvalue weighted by molar-refractivity contribution is 6.32.